The number of rotatable bonds is 9. The second-order valence-electron chi connectivity index (χ2n) is 4.80. The van der Waals surface area contributed by atoms with Gasteiger partial charge in [0, 0.05) is 0 Å². The van der Waals surface area contributed by atoms with E-state index in [1.165, 1.54) is 0 Å². The summed E-state index contributed by atoms with van der Waals surface area (Å²) in [6.45, 7) is 1.97. The number of unbranched alkanes of at least 4 members (excludes halogenated alkanes) is 1. The molecule has 9 heteroatoms. The molecule has 0 aliphatic rings. The van der Waals surface area contributed by atoms with Crippen molar-refractivity contribution < 1.29 is 23.5 Å². The van der Waals surface area contributed by atoms with Crippen LogP contribution in [0.3, 0.4) is 0 Å². The van der Waals surface area contributed by atoms with E-state index in [4.69, 9.17) is 6.70 Å². The van der Waals surface area contributed by atoms with Crippen molar-refractivity contribution in [1.82, 2.24) is 0 Å². The minimum absolute atomic E-state index is 0.243. The van der Waals surface area contributed by atoms with Crippen molar-refractivity contribution in [3.63, 3.8) is 0 Å². The van der Waals surface area contributed by atoms with Gasteiger partial charge in [-0.1, -0.05) is 0 Å². The first-order valence-corrected chi connectivity index (χ1v) is 13.7. The Morgan fingerprint density at radius 3 is 2.17 bits per heavy atom. The Hall–Kier alpha value is -0.650. The molecule has 1 aromatic carbocycles. The third kappa shape index (κ3) is 9.28. The summed E-state index contributed by atoms with van der Waals surface area (Å²) in [7, 11) is -7.33. The molecule has 0 amide bonds. The number of halogens is 1. The average molecular weight is 476 g/mol. The van der Waals surface area contributed by atoms with Crippen LogP contribution in [0, 0.1) is 3.57 Å². The first-order chi connectivity index (χ1) is 10.6. The van der Waals surface area contributed by atoms with Crippen LogP contribution in [0.2, 0.25) is 0 Å². The van der Waals surface area contributed by atoms with Crippen LogP contribution < -0.4 is 0 Å². The molecule has 0 saturated heterocycles. The van der Waals surface area contributed by atoms with Gasteiger partial charge in [-0.3, -0.25) is 0 Å². The van der Waals surface area contributed by atoms with E-state index < -0.39 is 40.5 Å². The van der Waals surface area contributed by atoms with Crippen molar-refractivity contribution in [3.8, 4) is 0 Å². The van der Waals surface area contributed by atoms with Gasteiger partial charge in [0.2, 0.25) is 0 Å². The third-order valence-corrected chi connectivity index (χ3v) is 9.60. The second-order valence-corrected chi connectivity index (χ2v) is 12.4. The Bertz CT molecular complexity index is 726. The first-order valence-electron chi connectivity index (χ1n) is 6.84. The van der Waals surface area contributed by atoms with Crippen molar-refractivity contribution in [2.75, 3.05) is 12.5 Å². The molecule has 0 N–H and O–H groups in total. The van der Waals surface area contributed by atoms with E-state index in [1.807, 2.05) is 13.0 Å². The van der Waals surface area contributed by atoms with Crippen molar-refractivity contribution in [2.45, 2.75) is 26.2 Å². The molecule has 0 saturated carbocycles. The van der Waals surface area contributed by atoms with Gasteiger partial charge in [0.25, 0.3) is 0 Å². The summed E-state index contributed by atoms with van der Waals surface area (Å²) < 4.78 is 58.4. The molecule has 0 atom stereocenters. The normalized spacial score (nSPS) is 13.7. The molecule has 0 fully saturated rings. The first kappa shape index (κ1) is 20.4. The van der Waals surface area contributed by atoms with Crippen LogP contribution in [0.5, 0.6) is 0 Å². The Morgan fingerprint density at radius 2 is 1.70 bits per heavy atom. The molecule has 1 rings (SSSR count). The van der Waals surface area contributed by atoms with Gasteiger partial charge in [-0.25, -0.2) is 0 Å². The number of hydrogen-bond acceptors (Lipinski definition) is 6. The predicted octanol–water partition coefficient (Wildman–Crippen LogP) is 3.26. The summed E-state index contributed by atoms with van der Waals surface area (Å²) >= 11 is -2.75. The molecule has 0 spiro atoms. The van der Waals surface area contributed by atoms with Crippen molar-refractivity contribution in [3.05, 3.63) is 43.7 Å². The van der Waals surface area contributed by atoms with Crippen molar-refractivity contribution >= 4 is 40.5 Å². The van der Waals surface area contributed by atoms with Gasteiger partial charge >= 0.3 is 146 Å². The van der Waals surface area contributed by atoms with E-state index in [1.54, 1.807) is 28.3 Å². The van der Waals surface area contributed by atoms with Crippen LogP contribution >= 0.6 is 20.2 Å². The van der Waals surface area contributed by atoms with Crippen molar-refractivity contribution in [1.29, 1.82) is 0 Å². The van der Waals surface area contributed by atoms with Crippen LogP contribution in [0.4, 0.5) is 0 Å². The van der Waals surface area contributed by atoms with Crippen molar-refractivity contribution in [2.24, 2.45) is 0 Å². The summed E-state index contributed by atoms with van der Waals surface area (Å²) in [6.07, 6.45) is 3.95. The fraction of sp³-hybridized carbons (Fsp3) is 0.429. The zero-order valence-electron chi connectivity index (χ0n) is 13.2. The van der Waals surface area contributed by atoms with Crippen LogP contribution in [0.15, 0.2) is 40.2 Å². The Balaban J connectivity index is 3.19. The second kappa shape index (κ2) is 9.00. The van der Waals surface area contributed by atoms with Gasteiger partial charge in [-0.15, -0.1) is 0 Å². The summed E-state index contributed by atoms with van der Waals surface area (Å²) in [5.41, 5.74) is 0. The molecular weight excluding hydrogens is 455 g/mol. The maximum absolute atomic E-state index is 11.5. The molecule has 6 nitrogen and oxygen atoms in total. The zero-order valence-corrected chi connectivity index (χ0v) is 17.0. The predicted molar refractivity (Wildman–Crippen MR) is 98.6 cm³/mol. The van der Waals surface area contributed by atoms with E-state index in [0.29, 0.717) is 6.42 Å². The molecular formula is C14H21IO6S2. The molecule has 0 unspecified atom stereocenters. The molecule has 0 bridgehead atoms. The van der Waals surface area contributed by atoms with E-state index in [0.717, 1.165) is 28.9 Å². The summed E-state index contributed by atoms with van der Waals surface area (Å²) in [4.78, 5) is 0. The molecule has 0 aromatic heterocycles. The van der Waals surface area contributed by atoms with E-state index in [2.05, 4.69) is 0 Å². The minimum atomic E-state index is -3.67. The molecule has 0 aliphatic carbocycles. The SMILES string of the molecule is CCCC/C(=C/I(OS(C)(=O)=O)c1ccccc1)OS(C)(=O)=O. The summed E-state index contributed by atoms with van der Waals surface area (Å²) in [5.74, 6) is 0.243. The van der Waals surface area contributed by atoms with Gasteiger partial charge in [0.05, 0.1) is 0 Å². The summed E-state index contributed by atoms with van der Waals surface area (Å²) in [6, 6.07) is 8.91. The van der Waals surface area contributed by atoms with Crippen LogP contribution in [0.25, 0.3) is 0 Å². The van der Waals surface area contributed by atoms with Gasteiger partial charge in [-0.05, 0) is 0 Å². The number of hydrogen-bond donors (Lipinski definition) is 0. The standard InChI is InChI=1S/C14H21IO6S2/c1-4-5-11-14(20-22(2,16)17)12-15(21-23(3,18)19)13-9-7-6-8-10-13/h6-10,12H,4-5,11H2,1-3H3/b14-12-. The van der Waals surface area contributed by atoms with E-state index in [9.17, 15) is 16.8 Å². The van der Waals surface area contributed by atoms with E-state index in [-0.39, 0.29) is 5.76 Å². The molecule has 0 heterocycles. The van der Waals surface area contributed by atoms with Gasteiger partial charge in [0.1, 0.15) is 0 Å². The fourth-order valence-electron chi connectivity index (χ4n) is 1.55. The fourth-order valence-corrected chi connectivity index (χ4v) is 8.20. The molecule has 132 valence electrons. The van der Waals surface area contributed by atoms with E-state index >= 15 is 0 Å². The summed E-state index contributed by atoms with van der Waals surface area (Å²) in [5, 5.41) is 0. The Kier molecular flexibility index (Phi) is 7.98. The molecule has 0 radical (unpaired) electrons. The molecule has 23 heavy (non-hydrogen) atoms. The van der Waals surface area contributed by atoms with Gasteiger partial charge in [-0.2, -0.15) is 0 Å². The van der Waals surface area contributed by atoms with Crippen LogP contribution in [-0.4, -0.2) is 29.3 Å². The molecule has 0 aliphatic heterocycles. The zero-order chi connectivity index (χ0) is 17.5. The van der Waals surface area contributed by atoms with Gasteiger partial charge in [0.15, 0.2) is 0 Å². The third-order valence-electron chi connectivity index (χ3n) is 2.39. The van der Waals surface area contributed by atoms with Crippen LogP contribution in [-0.2, 0) is 26.9 Å². The topological polar surface area (TPSA) is 86.7 Å². The number of allylic oxidation sites excluding steroid dienone is 1. The Labute approximate surface area is 146 Å². The molecule has 1 aromatic rings. The van der Waals surface area contributed by atoms with Crippen LogP contribution in [0.1, 0.15) is 26.2 Å². The van der Waals surface area contributed by atoms with Gasteiger partial charge < -0.3 is 0 Å². The number of benzene rings is 1. The quantitative estimate of drug-likeness (QED) is 0.309. The average Bonchev–Trinajstić information content (AvgIpc) is 2.42. The Morgan fingerprint density at radius 1 is 1.09 bits per heavy atom. The maximum atomic E-state index is 11.5. The monoisotopic (exact) mass is 476 g/mol.